The number of hydrogen-bond acceptors (Lipinski definition) is 6. The van der Waals surface area contributed by atoms with Gasteiger partial charge in [-0.05, 0) is 67.4 Å². The first-order chi connectivity index (χ1) is 18.5. The van der Waals surface area contributed by atoms with Crippen LogP contribution in [0.1, 0.15) is 27.0 Å². The van der Waals surface area contributed by atoms with Gasteiger partial charge in [0, 0.05) is 42.9 Å². The van der Waals surface area contributed by atoms with E-state index in [9.17, 15) is 9.59 Å². The number of anilines is 1. The van der Waals surface area contributed by atoms with E-state index < -0.39 is 0 Å². The molecule has 1 saturated heterocycles. The lowest BCUT2D eigenvalue weighted by molar-refractivity contribution is -0.133. The van der Waals surface area contributed by atoms with Crippen molar-refractivity contribution in [2.45, 2.75) is 13.8 Å². The molecule has 1 amide bonds. The maximum Gasteiger partial charge on any atom is 0.260 e. The van der Waals surface area contributed by atoms with Gasteiger partial charge in [-0.3, -0.25) is 9.59 Å². The molecule has 38 heavy (non-hydrogen) atoms. The van der Waals surface area contributed by atoms with Crippen molar-refractivity contribution in [1.82, 2.24) is 15.1 Å². The summed E-state index contributed by atoms with van der Waals surface area (Å²) in [6.07, 6.45) is 0. The smallest absolute Gasteiger partial charge is 0.260 e. The van der Waals surface area contributed by atoms with Crippen LogP contribution in [0.25, 0.3) is 11.3 Å². The molecule has 1 fully saturated rings. The van der Waals surface area contributed by atoms with E-state index >= 15 is 0 Å². The molecule has 1 aliphatic rings. The van der Waals surface area contributed by atoms with E-state index in [-0.39, 0.29) is 18.3 Å². The third-order valence-electron chi connectivity index (χ3n) is 6.92. The Hall–Kier alpha value is -4.52. The largest absolute Gasteiger partial charge is 0.484 e. The summed E-state index contributed by atoms with van der Waals surface area (Å²) in [5, 5.41) is 8.87. The molecule has 4 aromatic rings. The van der Waals surface area contributed by atoms with Gasteiger partial charge in [-0.1, -0.05) is 42.5 Å². The molecule has 2 heterocycles. The SMILES string of the molecule is Cc1ccc(-c2ccc(N3CCN(C(=O)COc4ccc(C(=O)c5ccccc5)cc4)CC3)nn2)cc1C. The summed E-state index contributed by atoms with van der Waals surface area (Å²) < 4.78 is 5.71. The van der Waals surface area contributed by atoms with E-state index in [0.717, 1.165) is 17.1 Å². The summed E-state index contributed by atoms with van der Waals surface area (Å²) >= 11 is 0. The molecule has 5 rings (SSSR count). The van der Waals surface area contributed by atoms with Crippen LogP contribution in [0.2, 0.25) is 0 Å². The standard InChI is InChI=1S/C31H30N4O3/c1-22-8-9-26(20-23(22)2)28-14-15-29(33-32-28)34-16-18-35(19-17-34)30(36)21-38-27-12-10-25(11-13-27)31(37)24-6-4-3-5-7-24/h3-15,20H,16-19,21H2,1-2H3. The minimum atomic E-state index is -0.0646. The van der Waals surface area contributed by atoms with E-state index in [2.05, 4.69) is 47.1 Å². The van der Waals surface area contributed by atoms with Crippen LogP contribution in [0, 0.1) is 13.8 Å². The van der Waals surface area contributed by atoms with Crippen LogP contribution in [0.4, 0.5) is 5.82 Å². The number of ether oxygens (including phenoxy) is 1. The maximum atomic E-state index is 12.7. The number of amides is 1. The Morgan fingerprint density at radius 3 is 2.13 bits per heavy atom. The van der Waals surface area contributed by atoms with Crippen LogP contribution in [0.3, 0.4) is 0 Å². The Bertz CT molecular complexity index is 1410. The minimum Gasteiger partial charge on any atom is -0.484 e. The van der Waals surface area contributed by atoms with Gasteiger partial charge < -0.3 is 14.5 Å². The first kappa shape index (κ1) is 25.1. The predicted molar refractivity (Wildman–Crippen MR) is 148 cm³/mol. The number of nitrogens with zero attached hydrogens (tertiary/aromatic N) is 4. The molecule has 3 aromatic carbocycles. The average molecular weight is 507 g/mol. The number of piperazine rings is 1. The lowest BCUT2D eigenvalue weighted by Gasteiger charge is -2.35. The van der Waals surface area contributed by atoms with Gasteiger partial charge in [0.05, 0.1) is 5.69 Å². The summed E-state index contributed by atoms with van der Waals surface area (Å²) in [4.78, 5) is 29.2. The van der Waals surface area contributed by atoms with E-state index in [0.29, 0.717) is 43.1 Å². The molecule has 0 spiro atoms. The van der Waals surface area contributed by atoms with Gasteiger partial charge in [0.25, 0.3) is 5.91 Å². The first-order valence-corrected chi connectivity index (χ1v) is 12.7. The fraction of sp³-hybridized carbons (Fsp3) is 0.226. The second kappa shape index (κ2) is 11.3. The van der Waals surface area contributed by atoms with Crippen LogP contribution >= 0.6 is 0 Å². The molecule has 0 bridgehead atoms. The minimum absolute atomic E-state index is 0.0452. The summed E-state index contributed by atoms with van der Waals surface area (Å²) in [6, 6.07) is 26.3. The zero-order chi connectivity index (χ0) is 26.5. The van der Waals surface area contributed by atoms with Gasteiger partial charge in [-0.2, -0.15) is 0 Å². The predicted octanol–water partition coefficient (Wildman–Crippen LogP) is 4.72. The van der Waals surface area contributed by atoms with Crippen molar-refractivity contribution in [2.75, 3.05) is 37.7 Å². The Labute approximate surface area is 222 Å². The molecular formula is C31H30N4O3. The molecule has 7 nitrogen and oxygen atoms in total. The number of aryl methyl sites for hydroxylation is 2. The van der Waals surface area contributed by atoms with E-state index in [4.69, 9.17) is 4.74 Å². The molecule has 0 unspecified atom stereocenters. The highest BCUT2D eigenvalue weighted by Gasteiger charge is 2.22. The van der Waals surface area contributed by atoms with Crippen molar-refractivity contribution in [3.8, 4) is 17.0 Å². The number of carbonyl (C=O) groups excluding carboxylic acids is 2. The summed E-state index contributed by atoms with van der Waals surface area (Å²) in [5.74, 6) is 1.26. The van der Waals surface area contributed by atoms with E-state index in [1.165, 1.54) is 11.1 Å². The Balaban J connectivity index is 1.10. The number of aromatic nitrogens is 2. The number of carbonyl (C=O) groups is 2. The molecular weight excluding hydrogens is 476 g/mol. The molecule has 1 aliphatic heterocycles. The van der Waals surface area contributed by atoms with Gasteiger partial charge in [0.2, 0.25) is 0 Å². The monoisotopic (exact) mass is 506 g/mol. The third-order valence-corrected chi connectivity index (χ3v) is 6.92. The van der Waals surface area contributed by atoms with Crippen molar-refractivity contribution in [2.24, 2.45) is 0 Å². The molecule has 1 aromatic heterocycles. The van der Waals surface area contributed by atoms with Gasteiger partial charge in [-0.25, -0.2) is 0 Å². The number of rotatable bonds is 7. The first-order valence-electron chi connectivity index (χ1n) is 12.7. The molecule has 0 saturated carbocycles. The lowest BCUT2D eigenvalue weighted by Crippen LogP contribution is -2.50. The summed E-state index contributed by atoms with van der Waals surface area (Å²) in [6.45, 7) is 6.69. The molecule has 0 atom stereocenters. The molecule has 0 aliphatic carbocycles. The summed E-state index contributed by atoms with van der Waals surface area (Å²) in [5.41, 5.74) is 5.60. The number of benzene rings is 3. The lowest BCUT2D eigenvalue weighted by atomic mass is 10.0. The molecule has 192 valence electrons. The molecule has 7 heteroatoms. The van der Waals surface area contributed by atoms with Gasteiger partial charge in [0.1, 0.15) is 5.75 Å². The van der Waals surface area contributed by atoms with Gasteiger partial charge in [-0.15, -0.1) is 10.2 Å². The van der Waals surface area contributed by atoms with Crippen molar-refractivity contribution in [3.05, 3.63) is 107 Å². The van der Waals surface area contributed by atoms with Crippen molar-refractivity contribution in [3.63, 3.8) is 0 Å². The zero-order valence-corrected chi connectivity index (χ0v) is 21.6. The van der Waals surface area contributed by atoms with Crippen LogP contribution < -0.4 is 9.64 Å². The number of ketones is 1. The Kier molecular flexibility index (Phi) is 7.45. The van der Waals surface area contributed by atoms with Gasteiger partial charge in [0.15, 0.2) is 18.2 Å². The van der Waals surface area contributed by atoms with E-state index in [1.54, 1.807) is 41.3 Å². The van der Waals surface area contributed by atoms with Crippen LogP contribution in [0.5, 0.6) is 5.75 Å². The summed E-state index contributed by atoms with van der Waals surface area (Å²) in [7, 11) is 0. The highest BCUT2D eigenvalue weighted by atomic mass is 16.5. The fourth-order valence-corrected chi connectivity index (χ4v) is 4.43. The van der Waals surface area contributed by atoms with Crippen LogP contribution in [0.15, 0.2) is 84.9 Å². The van der Waals surface area contributed by atoms with Crippen molar-refractivity contribution >= 4 is 17.5 Å². The Morgan fingerprint density at radius 2 is 1.47 bits per heavy atom. The normalized spacial score (nSPS) is 13.3. The van der Waals surface area contributed by atoms with Crippen LogP contribution in [-0.4, -0.2) is 59.6 Å². The zero-order valence-electron chi connectivity index (χ0n) is 21.6. The molecule has 0 N–H and O–H groups in total. The van der Waals surface area contributed by atoms with E-state index in [1.807, 2.05) is 30.3 Å². The average Bonchev–Trinajstić information content (AvgIpc) is 2.98. The van der Waals surface area contributed by atoms with Crippen molar-refractivity contribution < 1.29 is 14.3 Å². The second-order valence-electron chi connectivity index (χ2n) is 9.45. The highest BCUT2D eigenvalue weighted by molar-refractivity contribution is 6.09. The number of hydrogen-bond donors (Lipinski definition) is 0. The Morgan fingerprint density at radius 1 is 0.763 bits per heavy atom. The van der Waals surface area contributed by atoms with Gasteiger partial charge >= 0.3 is 0 Å². The van der Waals surface area contributed by atoms with Crippen molar-refractivity contribution in [1.29, 1.82) is 0 Å². The quantitative estimate of drug-likeness (QED) is 0.338. The highest BCUT2D eigenvalue weighted by Crippen LogP contribution is 2.22. The topological polar surface area (TPSA) is 75.6 Å². The fourth-order valence-electron chi connectivity index (χ4n) is 4.43. The maximum absolute atomic E-state index is 12.7. The second-order valence-corrected chi connectivity index (χ2v) is 9.45. The molecule has 0 radical (unpaired) electrons. The third kappa shape index (κ3) is 5.72. The van der Waals surface area contributed by atoms with Crippen LogP contribution in [-0.2, 0) is 4.79 Å².